The summed E-state index contributed by atoms with van der Waals surface area (Å²) < 4.78 is 13.7. The maximum atomic E-state index is 13.7. The molecule has 8 heteroatoms. The Morgan fingerprint density at radius 1 is 1.36 bits per heavy atom. The number of H-pyrrole nitrogens is 2. The fourth-order valence-corrected chi connectivity index (χ4v) is 3.28. The number of pyridine rings is 1. The molecule has 0 spiro atoms. The van der Waals surface area contributed by atoms with Gasteiger partial charge in [0.15, 0.2) is 0 Å². The summed E-state index contributed by atoms with van der Waals surface area (Å²) in [5.74, 6) is 0.00184. The maximum absolute atomic E-state index is 13.7. The number of nitrogens with zero attached hydrogens (tertiary/aromatic N) is 3. The molecule has 0 aliphatic carbocycles. The Balaban J connectivity index is 1.58. The molecule has 1 aliphatic heterocycles. The van der Waals surface area contributed by atoms with E-state index in [1.54, 1.807) is 23.1 Å². The highest BCUT2D eigenvalue weighted by molar-refractivity contribution is 5.97. The Labute approximate surface area is 141 Å². The van der Waals surface area contributed by atoms with Crippen molar-refractivity contribution in [3.8, 4) is 0 Å². The third-order valence-electron chi connectivity index (χ3n) is 4.52. The Hall–Kier alpha value is -3.03. The normalized spacial score (nSPS) is 17.8. The molecule has 0 bridgehead atoms. The molecular weight excluding hydrogens is 325 g/mol. The number of aromatic amines is 2. The fourth-order valence-electron chi connectivity index (χ4n) is 3.28. The van der Waals surface area contributed by atoms with Crippen LogP contribution >= 0.6 is 0 Å². The number of halogens is 1. The molecule has 128 valence electrons. The van der Waals surface area contributed by atoms with Gasteiger partial charge in [-0.3, -0.25) is 14.8 Å². The molecule has 1 fully saturated rings. The number of carbonyl (C=O) groups excluding carboxylic acids is 1. The van der Waals surface area contributed by atoms with Gasteiger partial charge in [0, 0.05) is 30.6 Å². The van der Waals surface area contributed by atoms with Gasteiger partial charge in [-0.15, -0.1) is 0 Å². The van der Waals surface area contributed by atoms with E-state index >= 15 is 0 Å². The van der Waals surface area contributed by atoms with Gasteiger partial charge in [0.1, 0.15) is 17.2 Å². The van der Waals surface area contributed by atoms with Gasteiger partial charge in [-0.1, -0.05) is 12.1 Å². The fraction of sp³-hybridized carbons (Fsp3) is 0.294. The zero-order chi connectivity index (χ0) is 17.4. The average molecular weight is 341 g/mol. The lowest BCUT2D eigenvalue weighted by atomic mass is 9.97. The number of piperidine rings is 1. The van der Waals surface area contributed by atoms with E-state index in [0.717, 1.165) is 12.8 Å². The largest absolute Gasteiger partial charge is 0.340 e. The van der Waals surface area contributed by atoms with Crippen molar-refractivity contribution < 1.29 is 9.18 Å². The van der Waals surface area contributed by atoms with Crippen molar-refractivity contribution in [1.82, 2.24) is 25.1 Å². The zero-order valence-corrected chi connectivity index (χ0v) is 13.3. The number of carbonyl (C=O) groups is 1. The zero-order valence-electron chi connectivity index (χ0n) is 13.3. The molecule has 1 aliphatic rings. The quantitative estimate of drug-likeness (QED) is 0.743. The van der Waals surface area contributed by atoms with Crippen LogP contribution in [0.4, 0.5) is 4.39 Å². The first-order chi connectivity index (χ1) is 12.1. The highest BCUT2D eigenvalue weighted by Crippen LogP contribution is 2.25. The number of likely N-dealkylation sites (tertiary alicyclic amines) is 1. The Morgan fingerprint density at radius 3 is 3.04 bits per heavy atom. The van der Waals surface area contributed by atoms with Gasteiger partial charge in [-0.05, 0) is 25.0 Å². The van der Waals surface area contributed by atoms with Crippen molar-refractivity contribution in [2.45, 2.75) is 18.8 Å². The molecule has 0 saturated carbocycles. The lowest BCUT2D eigenvalue weighted by Gasteiger charge is -2.31. The monoisotopic (exact) mass is 341 g/mol. The van der Waals surface area contributed by atoms with Crippen molar-refractivity contribution in [1.29, 1.82) is 0 Å². The van der Waals surface area contributed by atoms with E-state index in [9.17, 15) is 14.0 Å². The smallest absolute Gasteiger partial charge is 0.338 e. The lowest BCUT2D eigenvalue weighted by Crippen LogP contribution is -2.39. The number of aromatic nitrogens is 4. The molecule has 0 radical (unpaired) electrons. The number of hydrogen-bond donors (Lipinski definition) is 2. The molecule has 7 nitrogen and oxygen atoms in total. The molecular formula is C17H16FN5O2. The molecule has 1 atom stereocenters. The van der Waals surface area contributed by atoms with Crippen LogP contribution in [0.25, 0.3) is 10.9 Å². The van der Waals surface area contributed by atoms with Crippen LogP contribution in [-0.2, 0) is 0 Å². The predicted octanol–water partition coefficient (Wildman–Crippen LogP) is 1.81. The summed E-state index contributed by atoms with van der Waals surface area (Å²) in [5.41, 5.74) is 0.332. The van der Waals surface area contributed by atoms with Crippen LogP contribution < -0.4 is 5.69 Å². The Bertz CT molecular complexity index is 996. The van der Waals surface area contributed by atoms with E-state index in [1.165, 1.54) is 12.3 Å². The summed E-state index contributed by atoms with van der Waals surface area (Å²) >= 11 is 0. The van der Waals surface area contributed by atoms with Crippen LogP contribution in [0, 0.1) is 5.82 Å². The van der Waals surface area contributed by atoms with Gasteiger partial charge in [0.2, 0.25) is 0 Å². The molecule has 2 N–H and O–H groups in total. The minimum absolute atomic E-state index is 0.0116. The van der Waals surface area contributed by atoms with Crippen LogP contribution in [0.15, 0.2) is 35.3 Å². The molecule has 4 rings (SSSR count). The van der Waals surface area contributed by atoms with Gasteiger partial charge in [0.05, 0.1) is 5.56 Å². The number of nitrogens with one attached hydrogen (secondary N) is 2. The summed E-state index contributed by atoms with van der Waals surface area (Å²) in [7, 11) is 0. The molecule has 25 heavy (non-hydrogen) atoms. The average Bonchev–Trinajstić information content (AvgIpc) is 3.08. The standard InChI is InChI=1S/C17H16FN5O2/c18-13-5-1-3-10-7-12(8-19-14(10)13)16(24)23-6-2-4-11(9-23)15-20-17(25)22-21-15/h1,3,5,7-8,11H,2,4,6,9H2,(H2,20,21,22,25). The van der Waals surface area contributed by atoms with Gasteiger partial charge >= 0.3 is 5.69 Å². The molecule has 1 unspecified atom stereocenters. The predicted molar refractivity (Wildman–Crippen MR) is 88.8 cm³/mol. The first kappa shape index (κ1) is 15.5. The van der Waals surface area contributed by atoms with Gasteiger partial charge in [0.25, 0.3) is 5.91 Å². The highest BCUT2D eigenvalue weighted by Gasteiger charge is 2.27. The number of amides is 1. The minimum Gasteiger partial charge on any atom is -0.338 e. The molecule has 3 aromatic rings. The second kappa shape index (κ2) is 6.12. The van der Waals surface area contributed by atoms with Crippen LogP contribution in [0.5, 0.6) is 0 Å². The number of benzene rings is 1. The van der Waals surface area contributed by atoms with E-state index in [-0.39, 0.29) is 23.0 Å². The van der Waals surface area contributed by atoms with Crippen LogP contribution in [-0.4, -0.2) is 44.1 Å². The van der Waals surface area contributed by atoms with Crippen LogP contribution in [0.2, 0.25) is 0 Å². The molecule has 1 aromatic carbocycles. The van der Waals surface area contributed by atoms with E-state index in [4.69, 9.17) is 0 Å². The van der Waals surface area contributed by atoms with Crippen LogP contribution in [0.1, 0.15) is 34.9 Å². The summed E-state index contributed by atoms with van der Waals surface area (Å²) in [6.07, 6.45) is 3.08. The second-order valence-corrected chi connectivity index (χ2v) is 6.19. The summed E-state index contributed by atoms with van der Waals surface area (Å²) in [4.78, 5) is 32.5. The van der Waals surface area contributed by atoms with Crippen LogP contribution in [0.3, 0.4) is 0 Å². The highest BCUT2D eigenvalue weighted by atomic mass is 19.1. The van der Waals surface area contributed by atoms with Crippen molar-refractivity contribution >= 4 is 16.8 Å². The van der Waals surface area contributed by atoms with Crippen molar-refractivity contribution in [3.63, 3.8) is 0 Å². The molecule has 1 saturated heterocycles. The maximum Gasteiger partial charge on any atom is 0.340 e. The number of fused-ring (bicyclic) bond motifs is 1. The Kier molecular flexibility index (Phi) is 3.79. The van der Waals surface area contributed by atoms with Crippen molar-refractivity contribution in [3.05, 3.63) is 58.2 Å². The first-order valence-corrected chi connectivity index (χ1v) is 8.10. The summed E-state index contributed by atoms with van der Waals surface area (Å²) in [6.45, 7) is 1.10. The second-order valence-electron chi connectivity index (χ2n) is 6.19. The molecule has 3 heterocycles. The topological polar surface area (TPSA) is 94.7 Å². The van der Waals surface area contributed by atoms with Crippen molar-refractivity contribution in [2.24, 2.45) is 0 Å². The summed E-state index contributed by atoms with van der Waals surface area (Å²) in [5, 5.41) is 6.92. The first-order valence-electron chi connectivity index (χ1n) is 8.10. The number of rotatable bonds is 2. The number of hydrogen-bond acceptors (Lipinski definition) is 4. The summed E-state index contributed by atoms with van der Waals surface area (Å²) in [6, 6.07) is 6.33. The van der Waals surface area contributed by atoms with E-state index in [0.29, 0.717) is 29.9 Å². The van der Waals surface area contributed by atoms with E-state index in [1.807, 2.05) is 0 Å². The van der Waals surface area contributed by atoms with Gasteiger partial charge in [-0.25, -0.2) is 14.3 Å². The SMILES string of the molecule is O=C(c1cnc2c(F)cccc2c1)N1CCCC(c2n[nH]c(=O)[nH]2)C1. The third-order valence-corrected chi connectivity index (χ3v) is 4.52. The molecule has 2 aromatic heterocycles. The molecule has 1 amide bonds. The van der Waals surface area contributed by atoms with Crippen molar-refractivity contribution in [2.75, 3.05) is 13.1 Å². The Morgan fingerprint density at radius 2 is 2.24 bits per heavy atom. The number of para-hydroxylation sites is 1. The van der Waals surface area contributed by atoms with E-state index < -0.39 is 5.82 Å². The van der Waals surface area contributed by atoms with Gasteiger partial charge in [-0.2, -0.15) is 5.10 Å². The third kappa shape index (κ3) is 2.90. The van der Waals surface area contributed by atoms with Gasteiger partial charge < -0.3 is 4.90 Å². The minimum atomic E-state index is -0.406. The van der Waals surface area contributed by atoms with E-state index in [2.05, 4.69) is 20.2 Å². The lowest BCUT2D eigenvalue weighted by molar-refractivity contribution is 0.0704.